The molecule has 0 aromatic heterocycles. The van der Waals surface area contributed by atoms with E-state index in [-0.39, 0.29) is 6.04 Å². The molecule has 2 unspecified atom stereocenters. The summed E-state index contributed by atoms with van der Waals surface area (Å²) in [6, 6.07) is 9.27. The number of nitrogens with zero attached hydrogens (tertiary/aromatic N) is 1. The van der Waals surface area contributed by atoms with Gasteiger partial charge in [-0.1, -0.05) is 37.3 Å². The quantitative estimate of drug-likeness (QED) is 0.769. The molecule has 2 atom stereocenters. The Bertz CT molecular complexity index is 340. The summed E-state index contributed by atoms with van der Waals surface area (Å²) < 4.78 is 0. The zero-order chi connectivity index (χ0) is 12.1. The van der Waals surface area contributed by atoms with Crippen molar-refractivity contribution in [3.8, 4) is 0 Å². The molecule has 4 nitrogen and oxygen atoms in total. The van der Waals surface area contributed by atoms with Crippen LogP contribution in [0.1, 0.15) is 31.9 Å². The summed E-state index contributed by atoms with van der Waals surface area (Å²) in [5.41, 5.74) is 6.75. The Hall–Kier alpha value is -1.55. The van der Waals surface area contributed by atoms with E-state index in [2.05, 4.69) is 0 Å². The second kappa shape index (κ2) is 5.51. The maximum absolute atomic E-state index is 11.2. The van der Waals surface area contributed by atoms with Gasteiger partial charge in [0.15, 0.2) is 0 Å². The second-order valence-corrected chi connectivity index (χ2v) is 3.75. The predicted octanol–water partition coefficient (Wildman–Crippen LogP) is 2.42. The molecule has 0 saturated carbocycles. The third kappa shape index (κ3) is 2.73. The lowest BCUT2D eigenvalue weighted by Crippen LogP contribution is -2.46. The van der Waals surface area contributed by atoms with Gasteiger partial charge in [-0.05, 0) is 18.9 Å². The van der Waals surface area contributed by atoms with Crippen LogP contribution >= 0.6 is 0 Å². The van der Waals surface area contributed by atoms with Crippen LogP contribution in [-0.2, 0) is 0 Å². The van der Waals surface area contributed by atoms with E-state index in [0.29, 0.717) is 6.42 Å². The molecule has 0 spiro atoms. The molecule has 0 radical (unpaired) electrons. The van der Waals surface area contributed by atoms with E-state index in [0.717, 1.165) is 5.56 Å². The van der Waals surface area contributed by atoms with E-state index in [4.69, 9.17) is 10.8 Å². The molecule has 16 heavy (non-hydrogen) atoms. The van der Waals surface area contributed by atoms with Crippen LogP contribution in [0.5, 0.6) is 0 Å². The van der Waals surface area contributed by atoms with Crippen LogP contribution in [0.4, 0.5) is 4.79 Å². The summed E-state index contributed by atoms with van der Waals surface area (Å²) >= 11 is 0. The number of carboxylic acid groups (broad SMARTS) is 1. The number of amides is 1. The molecule has 1 aromatic rings. The molecule has 0 saturated heterocycles. The number of nitrogens with two attached hydrogens (primary N) is 1. The van der Waals surface area contributed by atoms with E-state index >= 15 is 0 Å². The van der Waals surface area contributed by atoms with Crippen LogP contribution in [0, 0.1) is 0 Å². The van der Waals surface area contributed by atoms with Crippen molar-refractivity contribution in [2.24, 2.45) is 5.73 Å². The molecule has 0 fully saturated rings. The number of carbonyl (C=O) groups is 1. The summed E-state index contributed by atoms with van der Waals surface area (Å²) in [4.78, 5) is 12.4. The SMILES string of the molecule is CCC(N)N(C(=O)O)C(C)c1ccccc1. The smallest absolute Gasteiger partial charge is 0.409 e. The lowest BCUT2D eigenvalue weighted by molar-refractivity contribution is 0.102. The van der Waals surface area contributed by atoms with Gasteiger partial charge in [-0.2, -0.15) is 0 Å². The fourth-order valence-corrected chi connectivity index (χ4v) is 1.68. The van der Waals surface area contributed by atoms with Crippen molar-refractivity contribution >= 4 is 6.09 Å². The fraction of sp³-hybridized carbons (Fsp3) is 0.417. The lowest BCUT2D eigenvalue weighted by Gasteiger charge is -2.31. The number of rotatable bonds is 4. The van der Waals surface area contributed by atoms with Crippen LogP contribution < -0.4 is 5.73 Å². The van der Waals surface area contributed by atoms with Crippen molar-refractivity contribution in [1.29, 1.82) is 0 Å². The minimum absolute atomic E-state index is 0.228. The normalized spacial score (nSPS) is 14.2. The molecule has 0 aliphatic carbocycles. The lowest BCUT2D eigenvalue weighted by atomic mass is 10.1. The van der Waals surface area contributed by atoms with Gasteiger partial charge in [0.1, 0.15) is 0 Å². The van der Waals surface area contributed by atoms with Crippen LogP contribution in [0.2, 0.25) is 0 Å². The van der Waals surface area contributed by atoms with Gasteiger partial charge in [0.05, 0.1) is 12.2 Å². The number of hydrogen-bond acceptors (Lipinski definition) is 2. The summed E-state index contributed by atoms with van der Waals surface area (Å²) in [6.07, 6.45) is -0.845. The van der Waals surface area contributed by atoms with Crippen LogP contribution in [0.15, 0.2) is 30.3 Å². The number of hydrogen-bond donors (Lipinski definition) is 2. The Labute approximate surface area is 95.7 Å². The Balaban J connectivity index is 2.92. The standard InChI is InChI=1S/C12H18N2O2/c1-3-11(13)14(12(15)16)9(2)10-7-5-4-6-8-10/h4-9,11H,3,13H2,1-2H3,(H,15,16). The predicted molar refractivity (Wildman–Crippen MR) is 63.0 cm³/mol. The Morgan fingerprint density at radius 1 is 1.44 bits per heavy atom. The van der Waals surface area contributed by atoms with Crippen molar-refractivity contribution in [2.75, 3.05) is 0 Å². The Morgan fingerprint density at radius 3 is 2.44 bits per heavy atom. The van der Waals surface area contributed by atoms with Crippen molar-refractivity contribution < 1.29 is 9.90 Å². The molecule has 1 aromatic carbocycles. The first-order valence-electron chi connectivity index (χ1n) is 5.39. The minimum Gasteiger partial charge on any atom is -0.465 e. The zero-order valence-electron chi connectivity index (χ0n) is 9.63. The van der Waals surface area contributed by atoms with E-state index < -0.39 is 12.3 Å². The highest BCUT2D eigenvalue weighted by Gasteiger charge is 2.25. The van der Waals surface area contributed by atoms with Gasteiger partial charge < -0.3 is 10.8 Å². The van der Waals surface area contributed by atoms with E-state index in [9.17, 15) is 4.79 Å². The van der Waals surface area contributed by atoms with E-state index in [1.807, 2.05) is 44.2 Å². The first-order chi connectivity index (χ1) is 7.57. The topological polar surface area (TPSA) is 66.6 Å². The highest BCUT2D eigenvalue weighted by atomic mass is 16.4. The van der Waals surface area contributed by atoms with Gasteiger partial charge in [0.2, 0.25) is 0 Å². The second-order valence-electron chi connectivity index (χ2n) is 3.75. The van der Waals surface area contributed by atoms with Gasteiger partial charge >= 0.3 is 6.09 Å². The highest BCUT2D eigenvalue weighted by Crippen LogP contribution is 2.21. The Kier molecular flexibility index (Phi) is 4.31. The molecule has 0 aliphatic heterocycles. The maximum atomic E-state index is 11.2. The van der Waals surface area contributed by atoms with E-state index in [1.54, 1.807) is 0 Å². The summed E-state index contributed by atoms with van der Waals surface area (Å²) in [7, 11) is 0. The largest absolute Gasteiger partial charge is 0.465 e. The highest BCUT2D eigenvalue weighted by molar-refractivity contribution is 5.66. The van der Waals surface area contributed by atoms with Crippen LogP contribution in [0.3, 0.4) is 0 Å². The monoisotopic (exact) mass is 222 g/mol. The fourth-order valence-electron chi connectivity index (χ4n) is 1.68. The zero-order valence-corrected chi connectivity index (χ0v) is 9.63. The third-order valence-electron chi connectivity index (χ3n) is 2.70. The van der Waals surface area contributed by atoms with Crippen molar-refractivity contribution in [3.05, 3.63) is 35.9 Å². The molecule has 0 aliphatic rings. The minimum atomic E-state index is -0.981. The van der Waals surface area contributed by atoms with Gasteiger partial charge in [-0.15, -0.1) is 0 Å². The van der Waals surface area contributed by atoms with Crippen LogP contribution in [-0.4, -0.2) is 22.3 Å². The average molecular weight is 222 g/mol. The maximum Gasteiger partial charge on any atom is 0.409 e. The van der Waals surface area contributed by atoms with Gasteiger partial charge in [0.25, 0.3) is 0 Å². The van der Waals surface area contributed by atoms with Crippen molar-refractivity contribution in [3.63, 3.8) is 0 Å². The van der Waals surface area contributed by atoms with E-state index in [1.165, 1.54) is 4.90 Å². The molecule has 4 heteroatoms. The Morgan fingerprint density at radius 2 is 2.00 bits per heavy atom. The summed E-state index contributed by atoms with van der Waals surface area (Å²) in [5, 5.41) is 9.15. The average Bonchev–Trinajstić information content (AvgIpc) is 2.29. The van der Waals surface area contributed by atoms with Gasteiger partial charge in [0, 0.05) is 0 Å². The van der Waals surface area contributed by atoms with Crippen molar-refractivity contribution in [1.82, 2.24) is 4.90 Å². The van der Waals surface area contributed by atoms with Gasteiger partial charge in [-0.25, -0.2) is 4.79 Å². The number of benzene rings is 1. The molecular weight excluding hydrogens is 204 g/mol. The molecule has 0 heterocycles. The van der Waals surface area contributed by atoms with Gasteiger partial charge in [-0.3, -0.25) is 4.90 Å². The molecular formula is C12H18N2O2. The molecule has 88 valence electrons. The van der Waals surface area contributed by atoms with Crippen LogP contribution in [0.25, 0.3) is 0 Å². The first-order valence-corrected chi connectivity index (χ1v) is 5.39. The molecule has 3 N–H and O–H groups in total. The molecule has 0 bridgehead atoms. The summed E-state index contributed by atoms with van der Waals surface area (Å²) in [6.45, 7) is 3.72. The molecule has 1 rings (SSSR count). The molecule has 1 amide bonds. The first kappa shape index (κ1) is 12.5. The third-order valence-corrected chi connectivity index (χ3v) is 2.70. The summed E-state index contributed by atoms with van der Waals surface area (Å²) in [5.74, 6) is 0. The van der Waals surface area contributed by atoms with Crippen molar-refractivity contribution in [2.45, 2.75) is 32.5 Å².